The second-order valence-electron chi connectivity index (χ2n) is 7.56. The Morgan fingerprint density at radius 1 is 1.06 bits per heavy atom. The summed E-state index contributed by atoms with van der Waals surface area (Å²) in [6.45, 7) is 1.82. The zero-order valence-corrected chi connectivity index (χ0v) is 20.4. The number of nitro benzene ring substituents is 1. The summed E-state index contributed by atoms with van der Waals surface area (Å²) in [4.78, 5) is 36.7. The van der Waals surface area contributed by atoms with Crippen molar-refractivity contribution >= 4 is 52.5 Å². The molecule has 184 valence electrons. The molecule has 0 atom stereocenters. The Morgan fingerprint density at radius 2 is 1.81 bits per heavy atom. The quantitative estimate of drug-likeness (QED) is 0.183. The molecule has 1 heterocycles. The Labute approximate surface area is 215 Å². The predicted octanol–water partition coefficient (Wildman–Crippen LogP) is 5.34. The summed E-state index contributed by atoms with van der Waals surface area (Å²) in [6, 6.07) is 16.1. The Hall–Kier alpha value is -4.08. The minimum atomic E-state index is -0.637. The van der Waals surface area contributed by atoms with E-state index >= 15 is 0 Å². The van der Waals surface area contributed by atoms with Gasteiger partial charge in [0.15, 0.2) is 5.75 Å². The lowest BCUT2D eigenvalue weighted by Gasteiger charge is -2.14. The normalized spacial score (nSPS) is 14.2. The van der Waals surface area contributed by atoms with Crippen LogP contribution in [0.2, 0.25) is 10.0 Å². The first-order valence-corrected chi connectivity index (χ1v) is 11.5. The second-order valence-corrected chi connectivity index (χ2v) is 8.40. The Balaban J connectivity index is 1.69. The molecule has 0 bridgehead atoms. The molecule has 4 rings (SSSR count). The van der Waals surface area contributed by atoms with Crippen molar-refractivity contribution in [2.45, 2.75) is 13.5 Å². The molecule has 36 heavy (non-hydrogen) atoms. The lowest BCUT2D eigenvalue weighted by Crippen LogP contribution is -2.35. The van der Waals surface area contributed by atoms with Crippen LogP contribution in [0.1, 0.15) is 18.1 Å². The number of carbonyl (C=O) groups excluding carboxylic acids is 2. The van der Waals surface area contributed by atoms with Crippen LogP contribution >= 0.6 is 23.2 Å². The number of rotatable bonds is 8. The molecule has 0 spiro atoms. The number of anilines is 1. The predicted molar refractivity (Wildman–Crippen MR) is 135 cm³/mol. The summed E-state index contributed by atoms with van der Waals surface area (Å²) in [5.74, 6) is -1.26. The smallest absolute Gasteiger partial charge is 0.315 e. The zero-order valence-electron chi connectivity index (χ0n) is 18.9. The first-order valence-electron chi connectivity index (χ1n) is 10.7. The van der Waals surface area contributed by atoms with E-state index in [2.05, 4.69) is 5.43 Å². The van der Waals surface area contributed by atoms with Crippen LogP contribution in [0, 0.1) is 10.1 Å². The summed E-state index contributed by atoms with van der Waals surface area (Å²) in [6.07, 6.45) is 1.27. The van der Waals surface area contributed by atoms with E-state index in [4.69, 9.17) is 32.7 Å². The van der Waals surface area contributed by atoms with Crippen LogP contribution in [0.5, 0.6) is 11.5 Å². The third-order valence-corrected chi connectivity index (χ3v) is 5.75. The van der Waals surface area contributed by atoms with Gasteiger partial charge in [0.05, 0.1) is 17.2 Å². The minimum Gasteiger partial charge on any atom is -0.490 e. The largest absolute Gasteiger partial charge is 0.490 e. The molecule has 1 fully saturated rings. The SMILES string of the molecule is CCOc1cc(/C=C2/C(=O)NN(c3ccccc3)C2=O)cc([N+](=O)[O-])c1OCc1ccc(Cl)cc1Cl. The van der Waals surface area contributed by atoms with E-state index in [1.54, 1.807) is 49.4 Å². The van der Waals surface area contributed by atoms with Gasteiger partial charge in [-0.15, -0.1) is 0 Å². The highest BCUT2D eigenvalue weighted by Gasteiger charge is 2.35. The fourth-order valence-corrected chi connectivity index (χ4v) is 3.97. The highest BCUT2D eigenvalue weighted by molar-refractivity contribution is 6.35. The molecular weight excluding hydrogens is 509 g/mol. The fourth-order valence-electron chi connectivity index (χ4n) is 3.51. The molecule has 0 unspecified atom stereocenters. The van der Waals surface area contributed by atoms with Crippen LogP contribution in [-0.4, -0.2) is 23.3 Å². The van der Waals surface area contributed by atoms with Gasteiger partial charge in [-0.3, -0.25) is 25.1 Å². The molecule has 0 aliphatic carbocycles. The molecule has 1 aliphatic heterocycles. The third-order valence-electron chi connectivity index (χ3n) is 5.16. The zero-order chi connectivity index (χ0) is 25.8. The van der Waals surface area contributed by atoms with E-state index < -0.39 is 22.4 Å². The van der Waals surface area contributed by atoms with Crippen LogP contribution in [-0.2, 0) is 16.2 Å². The number of halogens is 2. The summed E-state index contributed by atoms with van der Waals surface area (Å²) >= 11 is 12.1. The summed E-state index contributed by atoms with van der Waals surface area (Å²) in [5.41, 5.74) is 3.17. The molecule has 9 nitrogen and oxygen atoms in total. The molecule has 3 aromatic rings. The van der Waals surface area contributed by atoms with Crippen LogP contribution in [0.25, 0.3) is 6.08 Å². The maximum Gasteiger partial charge on any atom is 0.315 e. The van der Waals surface area contributed by atoms with E-state index in [-0.39, 0.29) is 35.8 Å². The number of hydrogen-bond donors (Lipinski definition) is 1. The maximum absolute atomic E-state index is 12.9. The van der Waals surface area contributed by atoms with E-state index in [1.165, 1.54) is 24.3 Å². The van der Waals surface area contributed by atoms with Gasteiger partial charge in [-0.1, -0.05) is 47.5 Å². The molecule has 0 saturated carbocycles. The minimum absolute atomic E-state index is 0.0782. The number of benzene rings is 3. The molecule has 1 aliphatic rings. The van der Waals surface area contributed by atoms with Gasteiger partial charge in [-0.05, 0) is 48.9 Å². The molecule has 0 radical (unpaired) electrons. The van der Waals surface area contributed by atoms with E-state index in [9.17, 15) is 19.7 Å². The van der Waals surface area contributed by atoms with Crippen molar-refractivity contribution in [1.82, 2.24) is 5.43 Å². The van der Waals surface area contributed by atoms with Gasteiger partial charge in [-0.2, -0.15) is 0 Å². The fraction of sp³-hybridized carbons (Fsp3) is 0.120. The van der Waals surface area contributed by atoms with Gasteiger partial charge in [0.2, 0.25) is 5.75 Å². The standard InChI is InChI=1S/C25H19Cl2N3O6/c1-2-35-22-12-15(10-19-24(31)28-29(25(19)32)18-6-4-3-5-7-18)11-21(30(33)34)23(22)36-14-16-8-9-17(26)13-20(16)27/h3-13H,2,14H2,1H3,(H,28,31)/b19-10-. The average Bonchev–Trinajstić information content (AvgIpc) is 3.13. The van der Waals surface area contributed by atoms with Gasteiger partial charge in [-0.25, -0.2) is 5.01 Å². The Kier molecular flexibility index (Phi) is 7.42. The maximum atomic E-state index is 12.9. The van der Waals surface area contributed by atoms with Crippen molar-refractivity contribution in [1.29, 1.82) is 0 Å². The topological polar surface area (TPSA) is 111 Å². The van der Waals surface area contributed by atoms with Gasteiger partial charge in [0.1, 0.15) is 12.2 Å². The monoisotopic (exact) mass is 527 g/mol. The summed E-state index contributed by atoms with van der Waals surface area (Å²) < 4.78 is 11.4. The first kappa shape index (κ1) is 25.0. The molecule has 3 aromatic carbocycles. The Bertz CT molecular complexity index is 1380. The summed E-state index contributed by atoms with van der Waals surface area (Å²) in [7, 11) is 0. The number of ether oxygens (including phenoxy) is 2. The molecular formula is C25H19Cl2N3O6. The van der Waals surface area contributed by atoms with Gasteiger partial charge >= 0.3 is 5.69 Å². The van der Waals surface area contributed by atoms with Crippen molar-refractivity contribution in [2.75, 3.05) is 11.6 Å². The average molecular weight is 528 g/mol. The van der Waals surface area contributed by atoms with Crippen LogP contribution in [0.3, 0.4) is 0 Å². The van der Waals surface area contributed by atoms with Crippen LogP contribution in [0.15, 0.2) is 66.2 Å². The number of para-hydroxylation sites is 1. The third kappa shape index (κ3) is 5.27. The number of nitro groups is 1. The van der Waals surface area contributed by atoms with Crippen molar-refractivity contribution in [3.63, 3.8) is 0 Å². The van der Waals surface area contributed by atoms with E-state index in [0.717, 1.165) is 5.01 Å². The van der Waals surface area contributed by atoms with Crippen molar-refractivity contribution in [2.24, 2.45) is 0 Å². The van der Waals surface area contributed by atoms with E-state index in [0.29, 0.717) is 21.3 Å². The first-order chi connectivity index (χ1) is 17.3. The van der Waals surface area contributed by atoms with Crippen LogP contribution < -0.4 is 19.9 Å². The molecule has 1 N–H and O–H groups in total. The molecule has 11 heteroatoms. The highest BCUT2D eigenvalue weighted by atomic mass is 35.5. The second kappa shape index (κ2) is 10.7. The molecule has 1 saturated heterocycles. The number of nitrogens with one attached hydrogen (secondary N) is 1. The van der Waals surface area contributed by atoms with Crippen molar-refractivity contribution in [3.8, 4) is 11.5 Å². The number of nitrogens with zero attached hydrogens (tertiary/aromatic N) is 2. The van der Waals surface area contributed by atoms with Crippen molar-refractivity contribution in [3.05, 3.63) is 97.5 Å². The van der Waals surface area contributed by atoms with Gasteiger partial charge in [0, 0.05) is 21.7 Å². The van der Waals surface area contributed by atoms with Gasteiger partial charge in [0.25, 0.3) is 11.8 Å². The summed E-state index contributed by atoms with van der Waals surface area (Å²) in [5, 5.41) is 13.8. The number of amides is 2. The lowest BCUT2D eigenvalue weighted by atomic mass is 10.1. The Morgan fingerprint density at radius 3 is 2.47 bits per heavy atom. The number of hydrogen-bond acceptors (Lipinski definition) is 6. The van der Waals surface area contributed by atoms with Gasteiger partial charge < -0.3 is 9.47 Å². The lowest BCUT2D eigenvalue weighted by molar-refractivity contribution is -0.386. The highest BCUT2D eigenvalue weighted by Crippen LogP contribution is 2.40. The number of carbonyl (C=O) groups is 2. The molecule has 0 aromatic heterocycles. The van der Waals surface area contributed by atoms with Crippen molar-refractivity contribution < 1.29 is 24.0 Å². The molecule has 2 amide bonds. The van der Waals surface area contributed by atoms with Crippen LogP contribution in [0.4, 0.5) is 11.4 Å². The number of hydrazine groups is 1. The van der Waals surface area contributed by atoms with E-state index in [1.807, 2.05) is 0 Å².